The lowest BCUT2D eigenvalue weighted by Gasteiger charge is -2.17. The minimum absolute atomic E-state index is 0.0730. The summed E-state index contributed by atoms with van der Waals surface area (Å²) < 4.78 is 0. The predicted molar refractivity (Wildman–Crippen MR) is 87.3 cm³/mol. The number of hydrogen-bond acceptors (Lipinski definition) is 4. The Morgan fingerprint density at radius 1 is 1.27 bits per heavy atom. The Bertz CT molecular complexity index is 539. The molecule has 0 saturated heterocycles. The molecule has 0 spiro atoms. The van der Waals surface area contributed by atoms with E-state index in [0.29, 0.717) is 12.3 Å². The summed E-state index contributed by atoms with van der Waals surface area (Å²) in [5, 5.41) is 16.2. The van der Waals surface area contributed by atoms with Gasteiger partial charge in [0, 0.05) is 12.3 Å². The van der Waals surface area contributed by atoms with Crippen LogP contribution in [0.5, 0.6) is 0 Å². The second-order valence-electron chi connectivity index (χ2n) is 4.70. The third-order valence-electron chi connectivity index (χ3n) is 2.87. The molecule has 7 heteroatoms. The third kappa shape index (κ3) is 6.50. The molecule has 6 nitrogen and oxygen atoms in total. The summed E-state index contributed by atoms with van der Waals surface area (Å²) in [6, 6.07) is 8.58. The Kier molecular flexibility index (Phi) is 7.86. The quantitative estimate of drug-likeness (QED) is 0.657. The molecule has 22 heavy (non-hydrogen) atoms. The van der Waals surface area contributed by atoms with Gasteiger partial charge in [0.15, 0.2) is 0 Å². The Hall–Kier alpha value is -2.20. The average molecular weight is 320 g/mol. The van der Waals surface area contributed by atoms with E-state index < -0.39 is 12.1 Å². The molecule has 118 valence electrons. The Labute approximate surface area is 134 Å². The van der Waals surface area contributed by atoms with Gasteiger partial charge in [0.05, 0.1) is 6.07 Å². The number of thioether (sulfide) groups is 1. The first-order valence-electron chi connectivity index (χ1n) is 6.80. The summed E-state index contributed by atoms with van der Waals surface area (Å²) in [7, 11) is 0. The molecule has 1 unspecified atom stereocenters. The second-order valence-corrected chi connectivity index (χ2v) is 5.61. The van der Waals surface area contributed by atoms with Gasteiger partial charge in [-0.05, 0) is 18.7 Å². The van der Waals surface area contributed by atoms with E-state index in [1.807, 2.05) is 43.5 Å². The summed E-state index contributed by atoms with van der Waals surface area (Å²) in [5.74, 6) is 0.0799. The first-order chi connectivity index (χ1) is 10.6. The molecule has 0 radical (unpaired) electrons. The summed E-state index contributed by atoms with van der Waals surface area (Å²) >= 11 is 1.44. The zero-order chi connectivity index (χ0) is 16.4. The summed E-state index contributed by atoms with van der Waals surface area (Å²) in [6.45, 7) is 2.31. The number of carbonyl (C=O) groups excluding carboxylic acids is 2. The number of nitrogens with zero attached hydrogens (tertiary/aromatic N) is 1. The molecule has 0 aliphatic carbocycles. The molecule has 0 aromatic heterocycles. The monoisotopic (exact) mass is 320 g/mol. The van der Waals surface area contributed by atoms with Crippen molar-refractivity contribution in [3.63, 3.8) is 0 Å². The Morgan fingerprint density at radius 3 is 2.55 bits per heavy atom. The highest BCUT2D eigenvalue weighted by molar-refractivity contribution is 7.98. The number of nitriles is 1. The smallest absolute Gasteiger partial charge is 0.315 e. The van der Waals surface area contributed by atoms with Gasteiger partial charge >= 0.3 is 6.03 Å². The van der Waals surface area contributed by atoms with Crippen LogP contribution >= 0.6 is 11.8 Å². The van der Waals surface area contributed by atoms with Crippen molar-refractivity contribution in [2.75, 3.05) is 18.6 Å². The second kappa shape index (κ2) is 9.68. The van der Waals surface area contributed by atoms with Crippen LogP contribution in [0.1, 0.15) is 11.1 Å². The molecule has 0 aliphatic heterocycles. The molecule has 0 bridgehead atoms. The lowest BCUT2D eigenvalue weighted by molar-refractivity contribution is -0.122. The van der Waals surface area contributed by atoms with Gasteiger partial charge in [0.1, 0.15) is 12.6 Å². The fourth-order valence-corrected chi connectivity index (χ4v) is 2.26. The Balaban J connectivity index is 2.47. The predicted octanol–water partition coefficient (Wildman–Crippen LogP) is 1.17. The number of amides is 3. The number of rotatable bonds is 7. The van der Waals surface area contributed by atoms with Crippen LogP contribution in [0.2, 0.25) is 0 Å². The van der Waals surface area contributed by atoms with E-state index in [0.717, 1.165) is 11.1 Å². The van der Waals surface area contributed by atoms with Gasteiger partial charge in [-0.1, -0.05) is 29.8 Å². The minimum atomic E-state index is -0.665. The van der Waals surface area contributed by atoms with E-state index in [9.17, 15) is 9.59 Å². The van der Waals surface area contributed by atoms with E-state index >= 15 is 0 Å². The number of hydrogen-bond donors (Lipinski definition) is 3. The lowest BCUT2D eigenvalue weighted by atomic mass is 10.1. The first kappa shape index (κ1) is 17.9. The topological polar surface area (TPSA) is 94.0 Å². The van der Waals surface area contributed by atoms with Crippen LogP contribution in [-0.2, 0) is 11.3 Å². The molecular weight excluding hydrogens is 300 g/mol. The normalized spacial score (nSPS) is 11.1. The first-order valence-corrected chi connectivity index (χ1v) is 8.19. The SMILES string of the molecule is CSCC(NC(=O)NCc1ccc(C)cc1)C(=O)NCC#N. The van der Waals surface area contributed by atoms with Crippen LogP contribution < -0.4 is 16.0 Å². The zero-order valence-electron chi connectivity index (χ0n) is 12.7. The zero-order valence-corrected chi connectivity index (χ0v) is 13.5. The van der Waals surface area contributed by atoms with Crippen LogP contribution in [-0.4, -0.2) is 36.5 Å². The summed E-state index contributed by atoms with van der Waals surface area (Å²) in [4.78, 5) is 23.7. The maximum atomic E-state index is 11.9. The third-order valence-corrected chi connectivity index (χ3v) is 3.54. The van der Waals surface area contributed by atoms with Crippen LogP contribution in [0.4, 0.5) is 4.79 Å². The molecule has 0 saturated carbocycles. The summed E-state index contributed by atoms with van der Waals surface area (Å²) in [6.07, 6.45) is 1.84. The van der Waals surface area contributed by atoms with E-state index in [1.165, 1.54) is 11.8 Å². The molecule has 0 heterocycles. The van der Waals surface area contributed by atoms with Gasteiger partial charge in [-0.15, -0.1) is 0 Å². The number of nitrogens with one attached hydrogen (secondary N) is 3. The van der Waals surface area contributed by atoms with Crippen molar-refractivity contribution in [3.8, 4) is 6.07 Å². The lowest BCUT2D eigenvalue weighted by Crippen LogP contribution is -2.51. The molecule has 3 amide bonds. The van der Waals surface area contributed by atoms with Crippen molar-refractivity contribution >= 4 is 23.7 Å². The van der Waals surface area contributed by atoms with E-state index in [-0.39, 0.29) is 12.5 Å². The molecule has 1 aromatic rings. The van der Waals surface area contributed by atoms with Crippen molar-refractivity contribution in [1.82, 2.24) is 16.0 Å². The molecule has 1 rings (SSSR count). The largest absolute Gasteiger partial charge is 0.341 e. The van der Waals surface area contributed by atoms with Crippen molar-refractivity contribution < 1.29 is 9.59 Å². The summed E-state index contributed by atoms with van der Waals surface area (Å²) in [5.41, 5.74) is 2.14. The van der Waals surface area contributed by atoms with Crippen molar-refractivity contribution in [2.24, 2.45) is 0 Å². The van der Waals surface area contributed by atoms with Gasteiger partial charge in [-0.3, -0.25) is 4.79 Å². The maximum absolute atomic E-state index is 11.9. The van der Waals surface area contributed by atoms with Gasteiger partial charge in [-0.25, -0.2) is 4.79 Å². The molecule has 3 N–H and O–H groups in total. The van der Waals surface area contributed by atoms with Crippen molar-refractivity contribution in [3.05, 3.63) is 35.4 Å². The molecule has 0 aliphatic rings. The highest BCUT2D eigenvalue weighted by Crippen LogP contribution is 2.02. The average Bonchev–Trinajstić information content (AvgIpc) is 2.51. The van der Waals surface area contributed by atoms with Crippen molar-refractivity contribution in [1.29, 1.82) is 5.26 Å². The number of aryl methyl sites for hydroxylation is 1. The molecule has 1 aromatic carbocycles. The van der Waals surface area contributed by atoms with E-state index in [4.69, 9.17) is 5.26 Å². The maximum Gasteiger partial charge on any atom is 0.315 e. The standard InChI is InChI=1S/C15H20N4O2S/c1-11-3-5-12(6-4-11)9-18-15(21)19-13(10-22-2)14(20)17-8-7-16/h3-6,13H,8-10H2,1-2H3,(H,17,20)(H2,18,19,21). The van der Waals surface area contributed by atoms with Crippen molar-refractivity contribution in [2.45, 2.75) is 19.5 Å². The number of urea groups is 1. The van der Waals surface area contributed by atoms with Crippen LogP contribution in [0.3, 0.4) is 0 Å². The van der Waals surface area contributed by atoms with Crippen LogP contribution in [0.15, 0.2) is 24.3 Å². The van der Waals surface area contributed by atoms with Gasteiger partial charge < -0.3 is 16.0 Å². The molecule has 0 fully saturated rings. The van der Waals surface area contributed by atoms with E-state index in [1.54, 1.807) is 0 Å². The highest BCUT2D eigenvalue weighted by atomic mass is 32.2. The van der Waals surface area contributed by atoms with E-state index in [2.05, 4.69) is 16.0 Å². The Morgan fingerprint density at radius 2 is 1.95 bits per heavy atom. The van der Waals surface area contributed by atoms with Crippen LogP contribution in [0, 0.1) is 18.3 Å². The number of benzene rings is 1. The molecular formula is C15H20N4O2S. The fraction of sp³-hybridized carbons (Fsp3) is 0.400. The fourth-order valence-electron chi connectivity index (χ4n) is 1.70. The number of carbonyl (C=O) groups is 2. The van der Waals surface area contributed by atoms with Gasteiger partial charge in [-0.2, -0.15) is 17.0 Å². The molecule has 1 atom stereocenters. The minimum Gasteiger partial charge on any atom is -0.341 e. The van der Waals surface area contributed by atoms with Crippen LogP contribution in [0.25, 0.3) is 0 Å². The highest BCUT2D eigenvalue weighted by Gasteiger charge is 2.19. The van der Waals surface area contributed by atoms with Gasteiger partial charge in [0.25, 0.3) is 0 Å². The van der Waals surface area contributed by atoms with Gasteiger partial charge in [0.2, 0.25) is 5.91 Å².